The van der Waals surface area contributed by atoms with Gasteiger partial charge < -0.3 is 10.2 Å². The molecule has 0 spiro atoms. The van der Waals surface area contributed by atoms with E-state index in [1.807, 2.05) is 6.92 Å². The number of aromatic nitrogens is 1. The zero-order chi connectivity index (χ0) is 12.4. The lowest BCUT2D eigenvalue weighted by molar-refractivity contribution is 0.507. The van der Waals surface area contributed by atoms with E-state index in [2.05, 4.69) is 37.0 Å². The van der Waals surface area contributed by atoms with Crippen molar-refractivity contribution in [1.29, 1.82) is 0 Å². The highest BCUT2D eigenvalue weighted by Crippen LogP contribution is 2.28. The highest BCUT2D eigenvalue weighted by molar-refractivity contribution is 5.64. The molecule has 0 amide bonds. The monoisotopic (exact) mass is 230 g/mol. The van der Waals surface area contributed by atoms with Gasteiger partial charge in [-0.05, 0) is 26.3 Å². The summed E-state index contributed by atoms with van der Waals surface area (Å²) in [6.07, 6.45) is 0.686. The zero-order valence-corrected chi connectivity index (χ0v) is 10.6. The van der Waals surface area contributed by atoms with E-state index in [0.29, 0.717) is 13.0 Å². The summed E-state index contributed by atoms with van der Waals surface area (Å²) in [6, 6.07) is 6.33. The van der Waals surface area contributed by atoms with E-state index in [1.165, 1.54) is 11.1 Å². The maximum atomic E-state index is 5.77. The summed E-state index contributed by atoms with van der Waals surface area (Å²) in [4.78, 5) is 4.39. The Hall–Kier alpha value is -1.61. The molecule has 3 nitrogen and oxygen atoms in total. The Morgan fingerprint density at radius 3 is 2.65 bits per heavy atom. The first-order valence-electron chi connectivity index (χ1n) is 5.86. The maximum Gasteiger partial charge on any atom is 0.196 e. The highest BCUT2D eigenvalue weighted by Gasteiger charge is 2.13. The van der Waals surface area contributed by atoms with E-state index in [9.17, 15) is 0 Å². The second-order valence-corrected chi connectivity index (χ2v) is 4.38. The maximum absolute atomic E-state index is 5.77. The van der Waals surface area contributed by atoms with Gasteiger partial charge >= 0.3 is 0 Å². The van der Waals surface area contributed by atoms with Crippen LogP contribution in [-0.4, -0.2) is 11.5 Å². The van der Waals surface area contributed by atoms with Crippen molar-refractivity contribution in [3.05, 3.63) is 40.9 Å². The minimum atomic E-state index is 0.562. The van der Waals surface area contributed by atoms with Gasteiger partial charge in [0.2, 0.25) is 0 Å². The molecular formula is C14H18N2O. The number of nitrogens with zero attached hydrogens (tertiary/aromatic N) is 1. The van der Waals surface area contributed by atoms with Crippen LogP contribution >= 0.6 is 0 Å². The Balaban J connectivity index is 2.45. The minimum absolute atomic E-state index is 0.562. The molecule has 2 rings (SSSR count). The largest absolute Gasteiger partial charge is 0.440 e. The molecule has 2 N–H and O–H groups in total. The first kappa shape index (κ1) is 11.9. The van der Waals surface area contributed by atoms with Crippen LogP contribution in [0, 0.1) is 20.8 Å². The summed E-state index contributed by atoms with van der Waals surface area (Å²) in [6.45, 7) is 6.71. The van der Waals surface area contributed by atoms with Gasteiger partial charge in [-0.3, -0.25) is 0 Å². The van der Waals surface area contributed by atoms with Crippen LogP contribution in [0.5, 0.6) is 0 Å². The summed E-state index contributed by atoms with van der Waals surface area (Å²) in [7, 11) is 0. The van der Waals surface area contributed by atoms with Crippen LogP contribution < -0.4 is 5.73 Å². The molecule has 0 fully saturated rings. The molecular weight excluding hydrogens is 212 g/mol. The molecule has 1 aromatic heterocycles. The third kappa shape index (κ3) is 2.39. The number of benzene rings is 1. The van der Waals surface area contributed by atoms with E-state index in [-0.39, 0.29) is 0 Å². The van der Waals surface area contributed by atoms with Gasteiger partial charge in [-0.1, -0.05) is 23.8 Å². The number of nitrogens with two attached hydrogens (primary N) is 1. The average Bonchev–Trinajstić information content (AvgIpc) is 2.60. The molecule has 3 heteroatoms. The molecule has 0 aliphatic carbocycles. The summed E-state index contributed by atoms with van der Waals surface area (Å²) in [5, 5.41) is 0. The quantitative estimate of drug-likeness (QED) is 0.882. The molecule has 90 valence electrons. The van der Waals surface area contributed by atoms with Crippen LogP contribution in [-0.2, 0) is 6.42 Å². The van der Waals surface area contributed by atoms with E-state index in [4.69, 9.17) is 10.2 Å². The van der Waals surface area contributed by atoms with Gasteiger partial charge in [0.25, 0.3) is 0 Å². The molecule has 0 unspecified atom stereocenters. The number of oxazole rings is 1. The molecule has 2 aromatic rings. The smallest absolute Gasteiger partial charge is 0.196 e. The predicted molar refractivity (Wildman–Crippen MR) is 68.9 cm³/mol. The summed E-state index contributed by atoms with van der Waals surface area (Å²) in [5.74, 6) is 1.59. The standard InChI is InChI=1S/C14H18N2O/c1-9-4-5-12(10(2)8-9)14-11(3)16-13(17-14)6-7-15/h4-5,8H,6-7,15H2,1-3H3. The lowest BCUT2D eigenvalue weighted by Crippen LogP contribution is -2.02. The van der Waals surface area contributed by atoms with Gasteiger partial charge in [0.05, 0.1) is 5.69 Å². The third-order valence-electron chi connectivity index (χ3n) is 2.83. The fraction of sp³-hybridized carbons (Fsp3) is 0.357. The van der Waals surface area contributed by atoms with Crippen molar-refractivity contribution in [2.24, 2.45) is 5.73 Å². The van der Waals surface area contributed by atoms with Crippen molar-refractivity contribution in [2.75, 3.05) is 6.54 Å². The normalized spacial score (nSPS) is 10.8. The Morgan fingerprint density at radius 2 is 2.00 bits per heavy atom. The van der Waals surface area contributed by atoms with Gasteiger partial charge in [0.1, 0.15) is 0 Å². The molecule has 1 aromatic carbocycles. The van der Waals surface area contributed by atoms with Crippen molar-refractivity contribution in [3.63, 3.8) is 0 Å². The molecule has 0 bridgehead atoms. The Morgan fingerprint density at radius 1 is 1.24 bits per heavy atom. The van der Waals surface area contributed by atoms with Crippen molar-refractivity contribution in [1.82, 2.24) is 4.98 Å². The molecule has 0 aliphatic heterocycles. The van der Waals surface area contributed by atoms with E-state index < -0.39 is 0 Å². The lowest BCUT2D eigenvalue weighted by atomic mass is 10.0. The third-order valence-corrected chi connectivity index (χ3v) is 2.83. The van der Waals surface area contributed by atoms with Crippen LogP contribution in [0.4, 0.5) is 0 Å². The van der Waals surface area contributed by atoms with Crippen LogP contribution in [0.3, 0.4) is 0 Å². The van der Waals surface area contributed by atoms with Crippen molar-refractivity contribution in [3.8, 4) is 11.3 Å². The SMILES string of the molecule is Cc1ccc(-c2oc(CCN)nc2C)c(C)c1. The molecule has 0 atom stereocenters. The molecule has 0 saturated heterocycles. The molecule has 17 heavy (non-hydrogen) atoms. The molecule has 0 radical (unpaired) electrons. The van der Waals surface area contributed by atoms with Gasteiger partial charge in [-0.2, -0.15) is 0 Å². The first-order valence-corrected chi connectivity index (χ1v) is 5.86. The lowest BCUT2D eigenvalue weighted by Gasteiger charge is -2.04. The van der Waals surface area contributed by atoms with Gasteiger partial charge in [-0.25, -0.2) is 4.98 Å². The summed E-state index contributed by atoms with van der Waals surface area (Å²) >= 11 is 0. The van der Waals surface area contributed by atoms with Crippen LogP contribution in [0.25, 0.3) is 11.3 Å². The van der Waals surface area contributed by atoms with Crippen molar-refractivity contribution < 1.29 is 4.42 Å². The number of hydrogen-bond acceptors (Lipinski definition) is 3. The molecule has 0 aliphatic rings. The second-order valence-electron chi connectivity index (χ2n) is 4.38. The predicted octanol–water partition coefficient (Wildman–Crippen LogP) is 2.77. The topological polar surface area (TPSA) is 52.0 Å². The van der Waals surface area contributed by atoms with E-state index in [1.54, 1.807) is 0 Å². The van der Waals surface area contributed by atoms with E-state index >= 15 is 0 Å². The number of hydrogen-bond donors (Lipinski definition) is 1. The zero-order valence-electron chi connectivity index (χ0n) is 10.6. The van der Waals surface area contributed by atoms with Gasteiger partial charge in [0.15, 0.2) is 11.7 Å². The van der Waals surface area contributed by atoms with Gasteiger partial charge in [-0.15, -0.1) is 0 Å². The molecule has 1 heterocycles. The first-order chi connectivity index (χ1) is 8.11. The Labute approximate surface area is 102 Å². The van der Waals surface area contributed by atoms with Crippen molar-refractivity contribution in [2.45, 2.75) is 27.2 Å². The van der Waals surface area contributed by atoms with Crippen LogP contribution in [0.1, 0.15) is 22.7 Å². The van der Waals surface area contributed by atoms with Crippen LogP contribution in [0.15, 0.2) is 22.6 Å². The number of aryl methyl sites for hydroxylation is 3. The molecule has 0 saturated carbocycles. The average molecular weight is 230 g/mol. The van der Waals surface area contributed by atoms with E-state index in [0.717, 1.165) is 22.9 Å². The Bertz CT molecular complexity index is 529. The minimum Gasteiger partial charge on any atom is -0.440 e. The summed E-state index contributed by atoms with van der Waals surface area (Å²) in [5.41, 5.74) is 10.0. The fourth-order valence-electron chi connectivity index (χ4n) is 2.00. The highest BCUT2D eigenvalue weighted by atomic mass is 16.4. The second kappa shape index (κ2) is 4.72. The van der Waals surface area contributed by atoms with Crippen LogP contribution in [0.2, 0.25) is 0 Å². The Kier molecular flexibility index (Phi) is 3.29. The van der Waals surface area contributed by atoms with Gasteiger partial charge in [0, 0.05) is 18.5 Å². The van der Waals surface area contributed by atoms with Crippen molar-refractivity contribution >= 4 is 0 Å². The fourth-order valence-corrected chi connectivity index (χ4v) is 2.00. The summed E-state index contributed by atoms with van der Waals surface area (Å²) < 4.78 is 5.77. The number of rotatable bonds is 3.